The number of para-hydroxylation sites is 5. The summed E-state index contributed by atoms with van der Waals surface area (Å²) in [5.74, 6) is 2.92. The number of nitrogens with zero attached hydrogens (tertiary/aromatic N) is 6. The average Bonchev–Trinajstić information content (AvgIpc) is 4.20. The van der Waals surface area contributed by atoms with Crippen molar-refractivity contribution >= 4 is 76.3 Å². The first-order valence-electron chi connectivity index (χ1n) is 24.3. The Kier molecular flexibility index (Phi) is 9.09. The summed E-state index contributed by atoms with van der Waals surface area (Å²) in [7, 11) is 0. The maximum Gasteiger partial charge on any atom is 0.227 e. The Balaban J connectivity index is 0.822. The molecule has 0 atom stereocenters. The van der Waals surface area contributed by atoms with Gasteiger partial charge in [-0.2, -0.15) is 0 Å². The van der Waals surface area contributed by atoms with Gasteiger partial charge in [-0.15, -0.1) is 0 Å². The molecule has 0 saturated heterocycles. The molecule has 15 aromatic rings. The second kappa shape index (κ2) is 16.3. The zero-order chi connectivity index (χ0) is 48.0. The van der Waals surface area contributed by atoms with Gasteiger partial charge in [0.05, 0.1) is 11.0 Å². The number of oxazole rings is 2. The zero-order valence-corrected chi connectivity index (χ0v) is 38.9. The van der Waals surface area contributed by atoms with Gasteiger partial charge < -0.3 is 13.4 Å². The molecule has 15 rings (SSSR count). The van der Waals surface area contributed by atoms with Crippen molar-refractivity contribution in [3.63, 3.8) is 0 Å². The highest BCUT2D eigenvalue weighted by molar-refractivity contribution is 6.19. The molecule has 0 N–H and O–H groups in total. The lowest BCUT2D eigenvalue weighted by Gasteiger charge is -2.11. The summed E-state index contributed by atoms with van der Waals surface area (Å²) in [6.07, 6.45) is 0. The van der Waals surface area contributed by atoms with Gasteiger partial charge in [-0.05, 0) is 123 Å². The van der Waals surface area contributed by atoms with Crippen molar-refractivity contribution in [3.8, 4) is 73.9 Å². The molecule has 4 aromatic heterocycles. The quantitative estimate of drug-likeness (QED) is 0.157. The fourth-order valence-corrected chi connectivity index (χ4v) is 10.4. The smallest absolute Gasteiger partial charge is 0.227 e. The minimum atomic E-state index is 0.577. The summed E-state index contributed by atoms with van der Waals surface area (Å²) in [4.78, 5) is 25.0. The van der Waals surface area contributed by atoms with E-state index in [1.807, 2.05) is 48.5 Å². The van der Waals surface area contributed by atoms with Crippen LogP contribution >= 0.6 is 0 Å². The molecule has 0 radical (unpaired) electrons. The highest BCUT2D eigenvalue weighted by atomic mass is 16.4. The van der Waals surface area contributed by atoms with Crippen LogP contribution in [0.3, 0.4) is 0 Å². The first-order chi connectivity index (χ1) is 36.1. The number of aromatic nitrogens is 6. The molecule has 0 fully saturated rings. The largest absolute Gasteiger partial charge is 0.436 e. The van der Waals surface area contributed by atoms with Gasteiger partial charge in [-0.25, -0.2) is 24.9 Å². The minimum absolute atomic E-state index is 0.577. The third kappa shape index (κ3) is 6.95. The van der Waals surface area contributed by atoms with E-state index < -0.39 is 0 Å². The maximum absolute atomic E-state index is 6.12. The Morgan fingerprint density at radius 2 is 0.753 bits per heavy atom. The lowest BCUT2D eigenvalue weighted by atomic mass is 10.0. The van der Waals surface area contributed by atoms with Crippen LogP contribution in [0.4, 0.5) is 0 Å². The molecule has 0 saturated carbocycles. The first kappa shape index (κ1) is 40.8. The van der Waals surface area contributed by atoms with Crippen molar-refractivity contribution in [2.75, 3.05) is 0 Å². The SMILES string of the molecule is c1ccc(-n2c3ccc(-c4ccc(-c5nc(-c6ccc7cc(-c8nc9ccccc9o8)ccc7c6)nc(-c6ccc7cc(-c8nc9ccccc9o8)ccc7c6)n5)cc4)cc3c3ccc4ccccc4c32)cc1. The number of hydrogen-bond donors (Lipinski definition) is 0. The van der Waals surface area contributed by atoms with Crippen molar-refractivity contribution in [2.45, 2.75) is 0 Å². The Morgan fingerprint density at radius 1 is 0.288 bits per heavy atom. The van der Waals surface area contributed by atoms with Gasteiger partial charge in [-0.1, -0.05) is 146 Å². The summed E-state index contributed by atoms with van der Waals surface area (Å²) in [6, 6.07) is 80.0. The molecule has 0 spiro atoms. The van der Waals surface area contributed by atoms with Gasteiger partial charge in [-0.3, -0.25) is 0 Å². The fraction of sp³-hybridized carbons (Fsp3) is 0. The van der Waals surface area contributed by atoms with E-state index in [9.17, 15) is 0 Å². The predicted molar refractivity (Wildman–Crippen MR) is 294 cm³/mol. The van der Waals surface area contributed by atoms with Crippen LogP contribution in [0.15, 0.2) is 239 Å². The molecule has 0 unspecified atom stereocenters. The third-order valence-corrected chi connectivity index (χ3v) is 14.1. The molecule has 4 heterocycles. The van der Waals surface area contributed by atoms with Crippen LogP contribution in [-0.4, -0.2) is 29.5 Å². The predicted octanol–water partition coefficient (Wildman–Crippen LogP) is 16.7. The summed E-state index contributed by atoms with van der Waals surface area (Å²) in [5, 5.41) is 9.06. The number of rotatable bonds is 7. The van der Waals surface area contributed by atoms with E-state index in [4.69, 9.17) is 33.8 Å². The van der Waals surface area contributed by atoms with E-state index >= 15 is 0 Å². The Bertz CT molecular complexity index is 4440. The Morgan fingerprint density at radius 3 is 1.36 bits per heavy atom. The molecular weight excluding hydrogens is 897 g/mol. The molecule has 8 nitrogen and oxygen atoms in total. The number of fused-ring (bicyclic) bond motifs is 9. The molecule has 0 bridgehead atoms. The van der Waals surface area contributed by atoms with E-state index in [2.05, 4.69) is 187 Å². The molecule has 73 heavy (non-hydrogen) atoms. The van der Waals surface area contributed by atoms with Gasteiger partial charge >= 0.3 is 0 Å². The van der Waals surface area contributed by atoms with E-state index in [0.29, 0.717) is 29.3 Å². The Labute approximate surface area is 417 Å². The second-order valence-corrected chi connectivity index (χ2v) is 18.5. The molecular formula is C65H38N6O2. The van der Waals surface area contributed by atoms with Crippen LogP contribution in [0.1, 0.15) is 0 Å². The lowest BCUT2D eigenvalue weighted by molar-refractivity contribution is 0.619. The highest BCUT2D eigenvalue weighted by Crippen LogP contribution is 2.40. The van der Waals surface area contributed by atoms with Crippen molar-refractivity contribution in [1.29, 1.82) is 0 Å². The fourth-order valence-electron chi connectivity index (χ4n) is 10.4. The van der Waals surface area contributed by atoms with Crippen molar-refractivity contribution in [1.82, 2.24) is 29.5 Å². The van der Waals surface area contributed by atoms with E-state index in [1.165, 1.54) is 27.1 Å². The lowest BCUT2D eigenvalue weighted by Crippen LogP contribution is -2.00. The summed E-state index contributed by atoms with van der Waals surface area (Å²) < 4.78 is 14.6. The summed E-state index contributed by atoms with van der Waals surface area (Å²) in [6.45, 7) is 0. The number of benzene rings is 11. The average molecular weight is 935 g/mol. The van der Waals surface area contributed by atoms with Crippen molar-refractivity contribution < 1.29 is 8.83 Å². The standard InChI is InChI=1S/C65H38N6O2/c1-2-11-51(12-3-1)71-57-33-31-46(38-54(57)53-32-30-40-10-4-5-13-52(40)60(53)71)39-18-20-41(21-19-39)61-68-62(47-26-22-44-36-49(28-24-42(44)34-47)64-66-55-14-6-8-16-58(55)72-64)70-63(69-61)48-27-23-45-37-50(29-25-43(45)35-48)65-67-56-15-7-9-17-59(56)73-65/h1-38H. The van der Waals surface area contributed by atoms with Crippen LogP contribution in [0.25, 0.3) is 150 Å². The van der Waals surface area contributed by atoms with E-state index in [-0.39, 0.29) is 0 Å². The van der Waals surface area contributed by atoms with Crippen LogP contribution in [0.2, 0.25) is 0 Å². The van der Waals surface area contributed by atoms with Gasteiger partial charge in [0.25, 0.3) is 0 Å². The minimum Gasteiger partial charge on any atom is -0.436 e. The molecule has 8 heteroatoms. The molecule has 0 amide bonds. The zero-order valence-electron chi connectivity index (χ0n) is 38.9. The normalized spacial score (nSPS) is 11.8. The molecule has 0 aliphatic rings. The van der Waals surface area contributed by atoms with Gasteiger partial charge in [0.1, 0.15) is 11.0 Å². The van der Waals surface area contributed by atoms with Crippen LogP contribution < -0.4 is 0 Å². The highest BCUT2D eigenvalue weighted by Gasteiger charge is 2.19. The van der Waals surface area contributed by atoms with Crippen LogP contribution in [-0.2, 0) is 0 Å². The molecule has 0 aliphatic heterocycles. The summed E-state index contributed by atoms with van der Waals surface area (Å²) in [5.41, 5.74) is 13.4. The van der Waals surface area contributed by atoms with Crippen LogP contribution in [0, 0.1) is 0 Å². The molecule has 340 valence electrons. The molecule has 11 aromatic carbocycles. The maximum atomic E-state index is 6.12. The monoisotopic (exact) mass is 934 g/mol. The van der Waals surface area contributed by atoms with Crippen molar-refractivity contribution in [2.24, 2.45) is 0 Å². The van der Waals surface area contributed by atoms with Gasteiger partial charge in [0, 0.05) is 49.7 Å². The molecule has 0 aliphatic carbocycles. The van der Waals surface area contributed by atoms with Crippen LogP contribution in [0.5, 0.6) is 0 Å². The van der Waals surface area contributed by atoms with Crippen molar-refractivity contribution in [3.05, 3.63) is 231 Å². The van der Waals surface area contributed by atoms with E-state index in [0.717, 1.165) is 93.9 Å². The van der Waals surface area contributed by atoms with Gasteiger partial charge in [0.15, 0.2) is 28.6 Å². The first-order valence-corrected chi connectivity index (χ1v) is 24.3. The van der Waals surface area contributed by atoms with Gasteiger partial charge in [0.2, 0.25) is 11.8 Å². The second-order valence-electron chi connectivity index (χ2n) is 18.5. The van der Waals surface area contributed by atoms with E-state index in [1.54, 1.807) is 0 Å². The summed E-state index contributed by atoms with van der Waals surface area (Å²) >= 11 is 0. The Hall–Kier alpha value is -10.1. The third-order valence-electron chi connectivity index (χ3n) is 14.1. The topological polar surface area (TPSA) is 95.7 Å². The number of hydrogen-bond acceptors (Lipinski definition) is 7.